The molecule has 28 heavy (non-hydrogen) atoms. The molecule has 0 saturated carbocycles. The molecule has 0 saturated heterocycles. The van der Waals surface area contributed by atoms with E-state index in [1.807, 2.05) is 0 Å². The van der Waals surface area contributed by atoms with Gasteiger partial charge in [0.15, 0.2) is 0 Å². The van der Waals surface area contributed by atoms with E-state index >= 15 is 0 Å². The minimum Gasteiger partial charge on any atom is -0.337 e. The van der Waals surface area contributed by atoms with Crippen molar-refractivity contribution < 1.29 is 0 Å². The zero-order chi connectivity index (χ0) is 19.5. The Labute approximate surface area is 168 Å². The van der Waals surface area contributed by atoms with Crippen LogP contribution in [-0.2, 0) is 0 Å². The highest BCUT2D eigenvalue weighted by molar-refractivity contribution is 5.74. The van der Waals surface area contributed by atoms with Crippen LogP contribution in [0.25, 0.3) is 11.1 Å². The average Bonchev–Trinajstić information content (AvgIpc) is 2.78. The van der Waals surface area contributed by atoms with Crippen LogP contribution in [0.15, 0.2) is 91.0 Å². The first kappa shape index (κ1) is 18.3. The van der Waals surface area contributed by atoms with Crippen molar-refractivity contribution in [2.75, 3.05) is 11.4 Å². The normalized spacial score (nSPS) is 18.5. The van der Waals surface area contributed by atoms with Crippen LogP contribution in [0.4, 0.5) is 11.4 Å². The predicted octanol–water partition coefficient (Wildman–Crippen LogP) is 7.34. The number of nitrogens with zero attached hydrogens (tertiary/aromatic N) is 1. The van der Waals surface area contributed by atoms with E-state index < -0.39 is 0 Å². The van der Waals surface area contributed by atoms with Gasteiger partial charge in [0.2, 0.25) is 0 Å². The van der Waals surface area contributed by atoms with Gasteiger partial charge in [-0.2, -0.15) is 0 Å². The van der Waals surface area contributed by atoms with Gasteiger partial charge >= 0.3 is 0 Å². The third kappa shape index (κ3) is 3.80. The van der Waals surface area contributed by atoms with Crippen LogP contribution < -0.4 is 4.90 Å². The van der Waals surface area contributed by atoms with Crippen LogP contribution in [0.2, 0.25) is 0 Å². The lowest BCUT2D eigenvalue weighted by Gasteiger charge is -2.28. The van der Waals surface area contributed by atoms with Crippen LogP contribution in [0.1, 0.15) is 29.5 Å². The summed E-state index contributed by atoms with van der Waals surface area (Å²) in [6.45, 7) is 7.42. The summed E-state index contributed by atoms with van der Waals surface area (Å²) in [5.74, 6) is 0.343. The molecule has 1 aliphatic rings. The fourth-order valence-electron chi connectivity index (χ4n) is 3.81. The highest BCUT2D eigenvalue weighted by atomic mass is 15.1. The smallest absolute Gasteiger partial charge is 0.0452 e. The van der Waals surface area contributed by atoms with Gasteiger partial charge < -0.3 is 4.90 Å². The zero-order valence-corrected chi connectivity index (χ0v) is 16.9. The molecule has 3 aromatic rings. The van der Waals surface area contributed by atoms with Gasteiger partial charge in [0, 0.05) is 23.8 Å². The predicted molar refractivity (Wildman–Crippen MR) is 121 cm³/mol. The molecule has 3 aromatic carbocycles. The van der Waals surface area contributed by atoms with Crippen molar-refractivity contribution in [3.8, 4) is 11.1 Å². The first-order valence-corrected chi connectivity index (χ1v) is 10.0. The number of rotatable bonds is 2. The van der Waals surface area contributed by atoms with Crippen molar-refractivity contribution in [2.45, 2.75) is 26.7 Å². The zero-order valence-electron chi connectivity index (χ0n) is 16.9. The van der Waals surface area contributed by atoms with Crippen LogP contribution in [0.3, 0.4) is 0 Å². The number of aryl methyl sites for hydroxylation is 2. The SMILES string of the molecule is Cc1ccc(-c2ccc3c(c2)C(C)/C=C\C=C/CN3c2cccc(C)c2)cc1. The van der Waals surface area contributed by atoms with Crippen LogP contribution in [0, 0.1) is 13.8 Å². The summed E-state index contributed by atoms with van der Waals surface area (Å²) >= 11 is 0. The van der Waals surface area contributed by atoms with Gasteiger partial charge in [-0.25, -0.2) is 0 Å². The van der Waals surface area contributed by atoms with Gasteiger partial charge in [0.1, 0.15) is 0 Å². The number of fused-ring (bicyclic) bond motifs is 1. The van der Waals surface area contributed by atoms with Crippen LogP contribution in [0.5, 0.6) is 0 Å². The van der Waals surface area contributed by atoms with Crippen molar-refractivity contribution in [1.82, 2.24) is 0 Å². The highest BCUT2D eigenvalue weighted by Crippen LogP contribution is 2.37. The summed E-state index contributed by atoms with van der Waals surface area (Å²) in [5, 5.41) is 0. The largest absolute Gasteiger partial charge is 0.337 e. The number of hydrogen-bond donors (Lipinski definition) is 0. The third-order valence-electron chi connectivity index (χ3n) is 5.44. The van der Waals surface area contributed by atoms with Gasteiger partial charge in [-0.1, -0.05) is 79.3 Å². The van der Waals surface area contributed by atoms with Crippen molar-refractivity contribution in [2.24, 2.45) is 0 Å². The monoisotopic (exact) mass is 365 g/mol. The number of benzene rings is 3. The Bertz CT molecular complexity index is 1020. The molecule has 0 bridgehead atoms. The van der Waals surface area contributed by atoms with Gasteiger partial charge in [-0.05, 0) is 60.4 Å². The molecule has 0 aromatic heterocycles. The number of allylic oxidation sites excluding steroid dienone is 3. The fourth-order valence-corrected chi connectivity index (χ4v) is 3.81. The third-order valence-corrected chi connectivity index (χ3v) is 5.44. The molecule has 1 nitrogen and oxygen atoms in total. The second kappa shape index (κ2) is 7.90. The molecule has 0 radical (unpaired) electrons. The lowest BCUT2D eigenvalue weighted by atomic mass is 9.93. The van der Waals surface area contributed by atoms with Gasteiger partial charge in [0.25, 0.3) is 0 Å². The topological polar surface area (TPSA) is 3.24 Å². The van der Waals surface area contributed by atoms with E-state index in [4.69, 9.17) is 0 Å². The standard InChI is InChI=1S/C27H27N/c1-20-11-13-23(14-12-20)24-15-16-27-26(19-24)22(3)9-5-4-6-17-28(27)25-10-7-8-21(2)18-25/h4-16,18-19,22H,17H2,1-3H3/b6-4-,9-5-. The first-order chi connectivity index (χ1) is 13.6. The highest BCUT2D eigenvalue weighted by Gasteiger charge is 2.17. The molecule has 1 unspecified atom stereocenters. The van der Waals surface area contributed by atoms with Gasteiger partial charge in [-0.3, -0.25) is 0 Å². The maximum absolute atomic E-state index is 2.42. The van der Waals surface area contributed by atoms with Crippen LogP contribution in [-0.4, -0.2) is 6.54 Å². The summed E-state index contributed by atoms with van der Waals surface area (Å²) in [6.07, 6.45) is 8.85. The summed E-state index contributed by atoms with van der Waals surface area (Å²) in [7, 11) is 0. The van der Waals surface area contributed by atoms with Crippen LogP contribution >= 0.6 is 0 Å². The summed E-state index contributed by atoms with van der Waals surface area (Å²) in [4.78, 5) is 2.42. The maximum Gasteiger partial charge on any atom is 0.0452 e. The van der Waals surface area contributed by atoms with E-state index in [9.17, 15) is 0 Å². The second-order valence-corrected chi connectivity index (χ2v) is 7.69. The Kier molecular flexibility index (Phi) is 5.16. The van der Waals surface area contributed by atoms with Crippen molar-refractivity contribution >= 4 is 11.4 Å². The molecular weight excluding hydrogens is 338 g/mol. The molecule has 0 fully saturated rings. The number of anilines is 2. The Hall–Kier alpha value is -3.06. The molecule has 1 heteroatoms. The molecule has 140 valence electrons. The quantitative estimate of drug-likeness (QED) is 0.459. The maximum atomic E-state index is 2.42. The van der Waals surface area contributed by atoms with Crippen molar-refractivity contribution in [3.63, 3.8) is 0 Å². The Morgan fingerprint density at radius 2 is 1.57 bits per heavy atom. The Balaban J connectivity index is 1.85. The van der Waals surface area contributed by atoms with E-state index in [1.165, 1.54) is 39.2 Å². The molecular formula is C27H27N. The summed E-state index contributed by atoms with van der Waals surface area (Å²) in [6, 6.07) is 24.5. The molecule has 0 amide bonds. The minimum absolute atomic E-state index is 0.343. The Morgan fingerprint density at radius 1 is 0.786 bits per heavy atom. The van der Waals surface area contributed by atoms with E-state index in [0.717, 1.165) is 6.54 Å². The van der Waals surface area contributed by atoms with Gasteiger partial charge in [-0.15, -0.1) is 0 Å². The van der Waals surface area contributed by atoms with E-state index in [2.05, 4.69) is 117 Å². The number of hydrogen-bond acceptors (Lipinski definition) is 1. The lowest BCUT2D eigenvalue weighted by molar-refractivity contribution is 0.951. The van der Waals surface area contributed by atoms with E-state index in [1.54, 1.807) is 0 Å². The molecule has 0 spiro atoms. The van der Waals surface area contributed by atoms with E-state index in [0.29, 0.717) is 5.92 Å². The fraction of sp³-hybridized carbons (Fsp3) is 0.185. The summed E-state index contributed by atoms with van der Waals surface area (Å²) < 4.78 is 0. The summed E-state index contributed by atoms with van der Waals surface area (Å²) in [5.41, 5.74) is 9.00. The van der Waals surface area contributed by atoms with E-state index in [-0.39, 0.29) is 0 Å². The van der Waals surface area contributed by atoms with Crippen molar-refractivity contribution in [3.05, 3.63) is 108 Å². The minimum atomic E-state index is 0.343. The van der Waals surface area contributed by atoms with Gasteiger partial charge in [0.05, 0.1) is 0 Å². The first-order valence-electron chi connectivity index (χ1n) is 10.0. The molecule has 4 rings (SSSR count). The average molecular weight is 366 g/mol. The second-order valence-electron chi connectivity index (χ2n) is 7.69. The molecule has 1 heterocycles. The lowest BCUT2D eigenvalue weighted by Crippen LogP contribution is -2.19. The molecule has 0 aliphatic carbocycles. The Morgan fingerprint density at radius 3 is 2.36 bits per heavy atom. The molecule has 1 aliphatic heterocycles. The molecule has 1 atom stereocenters. The molecule has 0 N–H and O–H groups in total. The van der Waals surface area contributed by atoms with Crippen molar-refractivity contribution in [1.29, 1.82) is 0 Å².